The van der Waals surface area contributed by atoms with Crippen molar-refractivity contribution in [3.05, 3.63) is 41.6 Å². The first kappa shape index (κ1) is 21.5. The number of fused-ring (bicyclic) bond motifs is 1. The third-order valence-electron chi connectivity index (χ3n) is 5.79. The quantitative estimate of drug-likeness (QED) is 0.530. The van der Waals surface area contributed by atoms with Gasteiger partial charge in [0.15, 0.2) is 0 Å². The highest BCUT2D eigenvalue weighted by atomic mass is 16.5. The number of benzene rings is 1. The first-order chi connectivity index (χ1) is 15.5. The topological polar surface area (TPSA) is 106 Å². The van der Waals surface area contributed by atoms with Gasteiger partial charge in [-0.1, -0.05) is 6.92 Å². The fraction of sp³-hybridized carbons (Fsp3) is 0.375. The van der Waals surface area contributed by atoms with Crippen LogP contribution in [0.25, 0.3) is 11.0 Å². The smallest absolute Gasteiger partial charge is 0.253 e. The third-order valence-corrected chi connectivity index (χ3v) is 5.79. The van der Waals surface area contributed by atoms with Gasteiger partial charge in [-0.05, 0) is 43.9 Å². The molecule has 3 N–H and O–H groups in total. The molecule has 8 heteroatoms. The van der Waals surface area contributed by atoms with E-state index in [2.05, 4.69) is 33.6 Å². The first-order valence-electron chi connectivity index (χ1n) is 10.9. The second-order valence-corrected chi connectivity index (χ2v) is 8.16. The summed E-state index contributed by atoms with van der Waals surface area (Å²) in [6.07, 6.45) is 3.86. The number of amides is 1. The van der Waals surface area contributed by atoms with E-state index in [1.54, 1.807) is 19.4 Å². The van der Waals surface area contributed by atoms with Gasteiger partial charge in [-0.3, -0.25) is 4.79 Å². The number of aromatic nitrogens is 2. The van der Waals surface area contributed by atoms with Gasteiger partial charge in [0, 0.05) is 37.5 Å². The zero-order valence-corrected chi connectivity index (χ0v) is 18.7. The predicted octanol–water partition coefficient (Wildman–Crippen LogP) is 4.49. The van der Waals surface area contributed by atoms with Crippen LogP contribution in [0, 0.1) is 17.2 Å². The molecule has 1 aliphatic heterocycles. The lowest BCUT2D eigenvalue weighted by Gasteiger charge is -2.31. The lowest BCUT2D eigenvalue weighted by atomic mass is 9.99. The number of aromatic amines is 1. The second-order valence-electron chi connectivity index (χ2n) is 8.16. The van der Waals surface area contributed by atoms with E-state index in [0.717, 1.165) is 30.6 Å². The summed E-state index contributed by atoms with van der Waals surface area (Å²) in [6.45, 7) is 6.48. The molecule has 2 aromatic heterocycles. The number of carbonyl (C=O) groups excluding carboxylic acids is 1. The maximum absolute atomic E-state index is 13.0. The highest BCUT2D eigenvalue weighted by Crippen LogP contribution is 2.33. The van der Waals surface area contributed by atoms with Crippen LogP contribution in [-0.4, -0.2) is 47.5 Å². The van der Waals surface area contributed by atoms with Crippen molar-refractivity contribution >= 4 is 34.1 Å². The van der Waals surface area contributed by atoms with Gasteiger partial charge in [-0.25, -0.2) is 4.98 Å². The van der Waals surface area contributed by atoms with Crippen LogP contribution >= 0.6 is 0 Å². The predicted molar refractivity (Wildman–Crippen MR) is 126 cm³/mol. The summed E-state index contributed by atoms with van der Waals surface area (Å²) in [5.41, 5.74) is 3.30. The van der Waals surface area contributed by atoms with Crippen LogP contribution in [0.1, 0.15) is 42.6 Å². The number of hydrogen-bond donors (Lipinski definition) is 3. The van der Waals surface area contributed by atoms with Gasteiger partial charge in [0.2, 0.25) is 0 Å². The van der Waals surface area contributed by atoms with Crippen molar-refractivity contribution in [3.63, 3.8) is 0 Å². The van der Waals surface area contributed by atoms with E-state index in [4.69, 9.17) is 4.74 Å². The van der Waals surface area contributed by atoms with Gasteiger partial charge < -0.3 is 25.3 Å². The summed E-state index contributed by atoms with van der Waals surface area (Å²) in [5, 5.41) is 16.7. The van der Waals surface area contributed by atoms with E-state index in [9.17, 15) is 10.1 Å². The van der Waals surface area contributed by atoms with Crippen molar-refractivity contribution in [2.45, 2.75) is 26.7 Å². The third kappa shape index (κ3) is 4.19. The molecule has 0 saturated carbocycles. The minimum atomic E-state index is 0.0331. The summed E-state index contributed by atoms with van der Waals surface area (Å²) in [4.78, 5) is 22.6. The zero-order valence-electron chi connectivity index (χ0n) is 18.7. The molecule has 3 aromatic rings. The monoisotopic (exact) mass is 432 g/mol. The highest BCUT2D eigenvalue weighted by Gasteiger charge is 2.23. The molecule has 0 aliphatic carbocycles. The molecule has 166 valence electrons. The Morgan fingerprint density at radius 3 is 2.94 bits per heavy atom. The van der Waals surface area contributed by atoms with Crippen LogP contribution < -0.4 is 15.4 Å². The average Bonchev–Trinajstić information content (AvgIpc) is 3.22. The minimum Gasteiger partial charge on any atom is -0.495 e. The zero-order chi connectivity index (χ0) is 22.7. The summed E-state index contributed by atoms with van der Waals surface area (Å²) in [7, 11) is 1.59. The Morgan fingerprint density at radius 1 is 1.38 bits per heavy atom. The van der Waals surface area contributed by atoms with Gasteiger partial charge in [-0.2, -0.15) is 5.26 Å². The number of nitrogens with one attached hydrogen (secondary N) is 3. The molecule has 1 saturated heterocycles. The van der Waals surface area contributed by atoms with Crippen LogP contribution in [-0.2, 0) is 0 Å². The molecular weight excluding hydrogens is 404 g/mol. The number of rotatable bonds is 6. The number of piperidine rings is 1. The maximum Gasteiger partial charge on any atom is 0.253 e. The molecule has 1 fully saturated rings. The van der Waals surface area contributed by atoms with Crippen molar-refractivity contribution in [2.75, 3.05) is 37.4 Å². The molecule has 1 amide bonds. The summed E-state index contributed by atoms with van der Waals surface area (Å²) < 4.78 is 5.58. The molecule has 32 heavy (non-hydrogen) atoms. The molecule has 1 aromatic carbocycles. The van der Waals surface area contributed by atoms with E-state index in [1.807, 2.05) is 30.0 Å². The number of nitrogens with zero attached hydrogens (tertiary/aromatic N) is 3. The molecule has 0 radical (unpaired) electrons. The van der Waals surface area contributed by atoms with E-state index in [0.29, 0.717) is 46.5 Å². The van der Waals surface area contributed by atoms with Crippen molar-refractivity contribution in [1.29, 1.82) is 5.26 Å². The van der Waals surface area contributed by atoms with Crippen LogP contribution in [0.2, 0.25) is 0 Å². The molecular formula is C24H28N6O2. The van der Waals surface area contributed by atoms with Crippen LogP contribution in [0.5, 0.6) is 5.75 Å². The summed E-state index contributed by atoms with van der Waals surface area (Å²) in [5.74, 6) is 1.72. The molecule has 0 spiro atoms. The normalized spacial score (nSPS) is 15.9. The van der Waals surface area contributed by atoms with Crippen molar-refractivity contribution in [3.8, 4) is 11.8 Å². The molecule has 1 aliphatic rings. The fourth-order valence-corrected chi connectivity index (χ4v) is 4.24. The van der Waals surface area contributed by atoms with E-state index in [1.165, 1.54) is 6.42 Å². The Hall–Kier alpha value is -3.73. The highest BCUT2D eigenvalue weighted by molar-refractivity contribution is 5.97. The standard InChI is InChI=1S/C24H28N6O2/c1-4-26-19-11-21(29-23-22(19)17(12-25)13-27-23)28-18-8-7-16(10-20(18)32-3)24(31)30-9-5-6-15(2)14-30/h7-8,10-11,13,15H,4-6,9,14H2,1-3H3,(H3,26,27,28,29). The number of hydrogen-bond acceptors (Lipinski definition) is 6. The van der Waals surface area contributed by atoms with E-state index in [-0.39, 0.29) is 5.91 Å². The first-order valence-corrected chi connectivity index (χ1v) is 10.9. The Labute approximate surface area is 187 Å². The van der Waals surface area contributed by atoms with E-state index < -0.39 is 0 Å². The summed E-state index contributed by atoms with van der Waals surface area (Å²) >= 11 is 0. The minimum absolute atomic E-state index is 0.0331. The van der Waals surface area contributed by atoms with Crippen LogP contribution in [0.3, 0.4) is 0 Å². The number of H-pyrrole nitrogens is 1. The Kier molecular flexibility index (Phi) is 6.17. The van der Waals surface area contributed by atoms with Crippen molar-refractivity contribution in [2.24, 2.45) is 5.92 Å². The number of carbonyl (C=O) groups is 1. The summed E-state index contributed by atoms with van der Waals surface area (Å²) in [6, 6.07) is 9.50. The van der Waals surface area contributed by atoms with Gasteiger partial charge in [-0.15, -0.1) is 0 Å². The molecule has 8 nitrogen and oxygen atoms in total. The van der Waals surface area contributed by atoms with Crippen molar-refractivity contribution < 1.29 is 9.53 Å². The van der Waals surface area contributed by atoms with Gasteiger partial charge in [0.25, 0.3) is 5.91 Å². The van der Waals surface area contributed by atoms with Gasteiger partial charge in [0.05, 0.1) is 29.4 Å². The van der Waals surface area contributed by atoms with E-state index >= 15 is 0 Å². The number of anilines is 3. The van der Waals surface area contributed by atoms with Crippen molar-refractivity contribution in [1.82, 2.24) is 14.9 Å². The van der Waals surface area contributed by atoms with Crippen LogP contribution in [0.15, 0.2) is 30.5 Å². The Balaban J connectivity index is 1.62. The molecule has 1 atom stereocenters. The second kappa shape index (κ2) is 9.18. The molecule has 1 unspecified atom stereocenters. The molecule has 3 heterocycles. The van der Waals surface area contributed by atoms with Gasteiger partial charge >= 0.3 is 0 Å². The lowest BCUT2D eigenvalue weighted by Crippen LogP contribution is -2.39. The number of likely N-dealkylation sites (tertiary alicyclic amines) is 1. The number of ether oxygens (including phenoxy) is 1. The lowest BCUT2D eigenvalue weighted by molar-refractivity contribution is 0.0682. The van der Waals surface area contributed by atoms with Gasteiger partial charge in [0.1, 0.15) is 23.3 Å². The van der Waals surface area contributed by atoms with Crippen LogP contribution in [0.4, 0.5) is 17.2 Å². The number of nitriles is 1. The average molecular weight is 433 g/mol. The number of pyridine rings is 1. The molecule has 0 bridgehead atoms. The fourth-order valence-electron chi connectivity index (χ4n) is 4.24. The SMILES string of the molecule is CCNc1cc(Nc2ccc(C(=O)N3CCCC(C)C3)cc2OC)nc2[nH]cc(C#N)c12. The maximum atomic E-state index is 13.0. The largest absolute Gasteiger partial charge is 0.495 e. The molecule has 4 rings (SSSR count). The Morgan fingerprint density at radius 2 is 2.22 bits per heavy atom. The Bertz CT molecular complexity index is 1180. The number of methoxy groups -OCH3 is 1.